The Hall–Kier alpha value is -2.60. The zero-order valence-electron chi connectivity index (χ0n) is 14.2. The third-order valence-electron chi connectivity index (χ3n) is 4.29. The fourth-order valence-corrected chi connectivity index (χ4v) is 2.93. The maximum atomic E-state index is 12.6. The first-order chi connectivity index (χ1) is 12.1. The predicted octanol–water partition coefficient (Wildman–Crippen LogP) is 2.69. The fourth-order valence-electron chi connectivity index (χ4n) is 2.93. The van der Waals surface area contributed by atoms with Gasteiger partial charge in [0.2, 0.25) is 0 Å². The van der Waals surface area contributed by atoms with E-state index in [1.54, 1.807) is 41.3 Å². The number of β-amino-alcohol motifs (C(OH)–C–C–N with tert-alkyl or cyclic N) is 1. The third kappa shape index (κ3) is 4.09. The zero-order valence-corrected chi connectivity index (χ0v) is 14.2. The van der Waals surface area contributed by atoms with Gasteiger partial charge in [-0.25, -0.2) is 0 Å². The van der Waals surface area contributed by atoms with E-state index in [0.29, 0.717) is 24.3 Å². The van der Waals surface area contributed by atoms with E-state index in [9.17, 15) is 14.7 Å². The molecule has 1 aliphatic heterocycles. The molecule has 132 valence electrons. The Bertz CT molecular complexity index is 768. The first-order valence-corrected chi connectivity index (χ1v) is 8.54. The Balaban J connectivity index is 1.70. The molecule has 0 spiro atoms. The Labute approximate surface area is 146 Å². The minimum absolute atomic E-state index is 0.138. The molecule has 0 aliphatic carbocycles. The van der Waals surface area contributed by atoms with Crippen molar-refractivity contribution < 1.29 is 19.1 Å². The highest BCUT2D eigenvalue weighted by Crippen LogP contribution is 2.18. The summed E-state index contributed by atoms with van der Waals surface area (Å²) in [4.78, 5) is 26.5. The summed E-state index contributed by atoms with van der Waals surface area (Å²) < 4.78 is 5.44. The average molecular weight is 342 g/mol. The van der Waals surface area contributed by atoms with Crippen LogP contribution in [0, 0.1) is 0 Å². The van der Waals surface area contributed by atoms with E-state index in [2.05, 4.69) is 5.32 Å². The Morgan fingerprint density at radius 1 is 1.32 bits per heavy atom. The maximum absolute atomic E-state index is 12.6. The molecule has 1 aliphatic rings. The number of nitrogens with zero attached hydrogens (tertiary/aromatic N) is 1. The van der Waals surface area contributed by atoms with Crippen molar-refractivity contribution in [2.24, 2.45) is 0 Å². The van der Waals surface area contributed by atoms with Crippen LogP contribution in [-0.2, 0) is 6.42 Å². The van der Waals surface area contributed by atoms with Crippen LogP contribution in [0.3, 0.4) is 0 Å². The molecule has 6 nitrogen and oxygen atoms in total. The maximum Gasteiger partial charge on any atom is 0.291 e. The highest BCUT2D eigenvalue weighted by Gasteiger charge is 2.23. The van der Waals surface area contributed by atoms with Gasteiger partial charge in [-0.3, -0.25) is 9.59 Å². The van der Waals surface area contributed by atoms with E-state index >= 15 is 0 Å². The molecule has 0 saturated carbocycles. The first-order valence-electron chi connectivity index (χ1n) is 8.54. The molecule has 3 rings (SSSR count). The van der Waals surface area contributed by atoms with Gasteiger partial charge < -0.3 is 19.7 Å². The lowest BCUT2D eigenvalue weighted by atomic mass is 10.1. The normalized spacial score (nSPS) is 17.4. The van der Waals surface area contributed by atoms with Gasteiger partial charge in [0.05, 0.1) is 6.10 Å². The monoisotopic (exact) mass is 342 g/mol. The van der Waals surface area contributed by atoms with Crippen molar-refractivity contribution >= 4 is 17.5 Å². The van der Waals surface area contributed by atoms with Crippen LogP contribution in [0.4, 0.5) is 5.69 Å². The van der Waals surface area contributed by atoms with Crippen LogP contribution >= 0.6 is 0 Å². The molecule has 6 heteroatoms. The standard InChI is InChI=1S/C19H22N2O4/c1-2-16-8-9-17(25-16)18(23)20-14-6-3-5-13(11-14)19(24)21-10-4-7-15(22)12-21/h3,5-6,8-9,11,15,22H,2,4,7,10,12H2,1H3,(H,20,23)/t15-/m1/s1. The number of carbonyl (C=O) groups is 2. The van der Waals surface area contributed by atoms with Crippen LogP contribution in [0.15, 0.2) is 40.8 Å². The molecular weight excluding hydrogens is 320 g/mol. The van der Waals surface area contributed by atoms with E-state index in [0.717, 1.165) is 25.0 Å². The number of benzene rings is 1. The van der Waals surface area contributed by atoms with Crippen LogP contribution in [0.25, 0.3) is 0 Å². The fraction of sp³-hybridized carbons (Fsp3) is 0.368. The number of likely N-dealkylation sites (tertiary alicyclic amines) is 1. The molecule has 1 aromatic heterocycles. The number of anilines is 1. The molecule has 1 aromatic carbocycles. The van der Waals surface area contributed by atoms with Crippen molar-refractivity contribution in [2.75, 3.05) is 18.4 Å². The second-order valence-corrected chi connectivity index (χ2v) is 6.20. The summed E-state index contributed by atoms with van der Waals surface area (Å²) in [5.41, 5.74) is 1.02. The van der Waals surface area contributed by atoms with E-state index in [-0.39, 0.29) is 17.6 Å². The van der Waals surface area contributed by atoms with E-state index in [1.165, 1.54) is 0 Å². The van der Waals surface area contributed by atoms with Gasteiger partial charge in [-0.2, -0.15) is 0 Å². The lowest BCUT2D eigenvalue weighted by molar-refractivity contribution is 0.0474. The van der Waals surface area contributed by atoms with Crippen LogP contribution in [0.5, 0.6) is 0 Å². The molecule has 1 saturated heterocycles. The van der Waals surface area contributed by atoms with Gasteiger partial charge in [0.15, 0.2) is 5.76 Å². The topological polar surface area (TPSA) is 82.8 Å². The molecule has 2 aromatic rings. The van der Waals surface area contributed by atoms with Crippen LogP contribution in [-0.4, -0.2) is 41.0 Å². The summed E-state index contributed by atoms with van der Waals surface area (Å²) in [6, 6.07) is 10.2. The number of amides is 2. The highest BCUT2D eigenvalue weighted by atomic mass is 16.3. The third-order valence-corrected chi connectivity index (χ3v) is 4.29. The molecule has 2 N–H and O–H groups in total. The average Bonchev–Trinajstić information content (AvgIpc) is 3.11. The number of furan rings is 1. The second-order valence-electron chi connectivity index (χ2n) is 6.20. The summed E-state index contributed by atoms with van der Waals surface area (Å²) in [5.74, 6) is 0.504. The molecule has 1 fully saturated rings. The van der Waals surface area contributed by atoms with Crippen LogP contribution in [0.2, 0.25) is 0 Å². The molecule has 0 unspecified atom stereocenters. The summed E-state index contributed by atoms with van der Waals surface area (Å²) in [6.45, 7) is 2.94. The number of rotatable bonds is 4. The van der Waals surface area contributed by atoms with E-state index in [1.807, 2.05) is 6.92 Å². The van der Waals surface area contributed by atoms with Crippen molar-refractivity contribution in [3.63, 3.8) is 0 Å². The Morgan fingerprint density at radius 2 is 2.16 bits per heavy atom. The number of carbonyl (C=O) groups excluding carboxylic acids is 2. The smallest absolute Gasteiger partial charge is 0.291 e. The van der Waals surface area contributed by atoms with Crippen molar-refractivity contribution in [1.29, 1.82) is 0 Å². The lowest BCUT2D eigenvalue weighted by Gasteiger charge is -2.30. The molecule has 0 bridgehead atoms. The van der Waals surface area contributed by atoms with E-state index in [4.69, 9.17) is 4.42 Å². The molecule has 1 atom stereocenters. The van der Waals surface area contributed by atoms with Gasteiger partial charge in [-0.1, -0.05) is 13.0 Å². The van der Waals surface area contributed by atoms with Crippen LogP contribution in [0.1, 0.15) is 46.4 Å². The molecular formula is C19H22N2O4. The van der Waals surface area contributed by atoms with Gasteiger partial charge in [0.25, 0.3) is 11.8 Å². The van der Waals surface area contributed by atoms with Crippen molar-refractivity contribution in [2.45, 2.75) is 32.3 Å². The largest absolute Gasteiger partial charge is 0.456 e. The minimum atomic E-state index is -0.465. The number of aliphatic hydroxyl groups is 1. The Kier molecular flexibility index (Phi) is 5.19. The zero-order chi connectivity index (χ0) is 17.8. The van der Waals surface area contributed by atoms with Gasteiger partial charge in [0, 0.05) is 30.8 Å². The first kappa shape index (κ1) is 17.2. The van der Waals surface area contributed by atoms with Gasteiger partial charge in [-0.15, -0.1) is 0 Å². The number of aliphatic hydroxyl groups excluding tert-OH is 1. The number of piperidine rings is 1. The SMILES string of the molecule is CCc1ccc(C(=O)Nc2cccc(C(=O)N3CCC[C@@H](O)C3)c2)o1. The van der Waals surface area contributed by atoms with Crippen molar-refractivity contribution in [3.8, 4) is 0 Å². The number of nitrogens with one attached hydrogen (secondary N) is 1. The highest BCUT2D eigenvalue weighted by molar-refractivity contribution is 6.03. The number of aryl methyl sites for hydroxylation is 1. The number of hydrogen-bond donors (Lipinski definition) is 2. The summed E-state index contributed by atoms with van der Waals surface area (Å²) in [7, 11) is 0. The summed E-state index contributed by atoms with van der Waals surface area (Å²) in [5, 5.41) is 12.5. The van der Waals surface area contributed by atoms with Crippen molar-refractivity contribution in [1.82, 2.24) is 4.90 Å². The predicted molar refractivity (Wildman–Crippen MR) is 93.6 cm³/mol. The van der Waals surface area contributed by atoms with Gasteiger partial charge >= 0.3 is 0 Å². The summed E-state index contributed by atoms with van der Waals surface area (Å²) >= 11 is 0. The quantitative estimate of drug-likeness (QED) is 0.895. The lowest BCUT2D eigenvalue weighted by Crippen LogP contribution is -2.42. The molecule has 2 amide bonds. The Morgan fingerprint density at radius 3 is 2.88 bits per heavy atom. The second kappa shape index (κ2) is 7.53. The molecule has 0 radical (unpaired) electrons. The van der Waals surface area contributed by atoms with Gasteiger partial charge in [-0.05, 0) is 43.2 Å². The molecule has 25 heavy (non-hydrogen) atoms. The number of hydrogen-bond acceptors (Lipinski definition) is 4. The van der Waals surface area contributed by atoms with Gasteiger partial charge in [0.1, 0.15) is 5.76 Å². The molecule has 2 heterocycles. The van der Waals surface area contributed by atoms with Crippen molar-refractivity contribution in [3.05, 3.63) is 53.5 Å². The van der Waals surface area contributed by atoms with E-state index < -0.39 is 6.10 Å². The minimum Gasteiger partial charge on any atom is -0.456 e. The van der Waals surface area contributed by atoms with Crippen LogP contribution < -0.4 is 5.32 Å². The summed E-state index contributed by atoms with van der Waals surface area (Å²) in [6.07, 6.45) is 1.77.